The Morgan fingerprint density at radius 1 is 1.47 bits per heavy atom. The Kier molecular flexibility index (Phi) is 2.95. The molecular formula is C11H9N3O3. The van der Waals surface area contributed by atoms with Crippen LogP contribution in [0, 0.1) is 10.1 Å². The van der Waals surface area contributed by atoms with Crippen LogP contribution in [-0.2, 0) is 4.79 Å². The summed E-state index contributed by atoms with van der Waals surface area (Å²) in [6.45, 7) is 0. The van der Waals surface area contributed by atoms with Gasteiger partial charge in [-0.05, 0) is 6.08 Å². The number of hydrogen-bond donors (Lipinski definition) is 1. The third-order valence-electron chi connectivity index (χ3n) is 2.31. The van der Waals surface area contributed by atoms with Crippen molar-refractivity contribution >= 4 is 29.0 Å². The van der Waals surface area contributed by atoms with Crippen LogP contribution < -0.4 is 0 Å². The molecule has 0 aliphatic rings. The van der Waals surface area contributed by atoms with Gasteiger partial charge in [0.05, 0.1) is 10.6 Å². The second kappa shape index (κ2) is 4.56. The number of carbonyl (C=O) groups excluding carboxylic acids is 1. The first-order chi connectivity index (χ1) is 8.24. The van der Waals surface area contributed by atoms with E-state index in [1.54, 1.807) is 24.3 Å². The molecule has 0 amide bonds. The number of hydrogen-bond acceptors (Lipinski definition) is 4. The lowest BCUT2D eigenvalue weighted by Gasteiger charge is -1.92. The summed E-state index contributed by atoms with van der Waals surface area (Å²) < 4.78 is 0. The molecule has 0 aliphatic carbocycles. The fourth-order valence-corrected chi connectivity index (χ4v) is 1.56. The molecule has 6 nitrogen and oxygen atoms in total. The number of nitro groups is 1. The van der Waals surface area contributed by atoms with Gasteiger partial charge in [0.25, 0.3) is 5.69 Å². The molecule has 0 saturated carbocycles. The molecule has 0 fully saturated rings. The lowest BCUT2D eigenvalue weighted by Crippen LogP contribution is -1.88. The van der Waals surface area contributed by atoms with Gasteiger partial charge in [-0.1, -0.05) is 18.2 Å². The van der Waals surface area contributed by atoms with Gasteiger partial charge in [-0.2, -0.15) is 5.10 Å². The van der Waals surface area contributed by atoms with Crippen molar-refractivity contribution in [2.45, 2.75) is 6.42 Å². The van der Waals surface area contributed by atoms with E-state index in [1.165, 1.54) is 6.07 Å². The Labute approximate surface area is 96.1 Å². The van der Waals surface area contributed by atoms with Crippen LogP contribution in [0.25, 0.3) is 17.0 Å². The highest BCUT2D eigenvalue weighted by molar-refractivity contribution is 5.92. The predicted molar refractivity (Wildman–Crippen MR) is 62.5 cm³/mol. The van der Waals surface area contributed by atoms with Crippen molar-refractivity contribution in [3.05, 3.63) is 40.1 Å². The third-order valence-corrected chi connectivity index (χ3v) is 2.31. The van der Waals surface area contributed by atoms with Crippen LogP contribution >= 0.6 is 0 Å². The van der Waals surface area contributed by atoms with E-state index in [0.717, 1.165) is 6.29 Å². The van der Waals surface area contributed by atoms with E-state index in [1.807, 2.05) is 0 Å². The smallest absolute Gasteiger partial charge is 0.297 e. The van der Waals surface area contributed by atoms with E-state index in [-0.39, 0.29) is 5.69 Å². The molecule has 0 spiro atoms. The monoisotopic (exact) mass is 231 g/mol. The van der Waals surface area contributed by atoms with Crippen LogP contribution in [0.4, 0.5) is 5.69 Å². The van der Waals surface area contributed by atoms with Gasteiger partial charge >= 0.3 is 0 Å². The molecule has 6 heteroatoms. The molecule has 86 valence electrons. The van der Waals surface area contributed by atoms with Crippen LogP contribution in [0.3, 0.4) is 0 Å². The number of allylic oxidation sites excluding steroid dienone is 1. The lowest BCUT2D eigenvalue weighted by molar-refractivity contribution is -0.383. The number of nitrogens with one attached hydrogen (secondary N) is 1. The van der Waals surface area contributed by atoms with E-state index in [9.17, 15) is 14.9 Å². The maximum absolute atomic E-state index is 10.8. The minimum absolute atomic E-state index is 0.0335. The van der Waals surface area contributed by atoms with Crippen molar-refractivity contribution in [2.24, 2.45) is 0 Å². The fraction of sp³-hybridized carbons (Fsp3) is 0.0909. The van der Waals surface area contributed by atoms with E-state index in [4.69, 9.17) is 0 Å². The zero-order valence-electron chi connectivity index (χ0n) is 8.79. The molecule has 2 aromatic rings. The minimum atomic E-state index is -0.470. The maximum atomic E-state index is 10.8. The highest BCUT2D eigenvalue weighted by Gasteiger charge is 2.15. The van der Waals surface area contributed by atoms with Crippen molar-refractivity contribution in [3.8, 4) is 0 Å². The number of nitrogens with zero attached hydrogens (tertiary/aromatic N) is 2. The fourth-order valence-electron chi connectivity index (χ4n) is 1.56. The average molecular weight is 231 g/mol. The molecule has 1 N–H and O–H groups in total. The molecule has 1 heterocycles. The number of non-ortho nitro benzene ring substituents is 1. The Morgan fingerprint density at radius 2 is 2.29 bits per heavy atom. The number of para-hydroxylation sites is 1. The zero-order chi connectivity index (χ0) is 12.3. The average Bonchev–Trinajstić information content (AvgIpc) is 2.72. The number of benzene rings is 1. The Morgan fingerprint density at radius 3 is 3.00 bits per heavy atom. The number of aromatic nitrogens is 2. The third kappa shape index (κ3) is 2.05. The first kappa shape index (κ1) is 11.0. The Hall–Kier alpha value is -2.50. The van der Waals surface area contributed by atoms with Crippen LogP contribution in [0.5, 0.6) is 0 Å². The van der Waals surface area contributed by atoms with E-state index < -0.39 is 4.92 Å². The topological polar surface area (TPSA) is 88.9 Å². The summed E-state index contributed by atoms with van der Waals surface area (Å²) in [5.41, 5.74) is 0.947. The van der Waals surface area contributed by atoms with Gasteiger partial charge in [-0.3, -0.25) is 15.2 Å². The number of nitro benzene ring substituents is 1. The van der Waals surface area contributed by atoms with Gasteiger partial charge in [-0.25, -0.2) is 0 Å². The summed E-state index contributed by atoms with van der Waals surface area (Å²) in [7, 11) is 0. The molecular weight excluding hydrogens is 222 g/mol. The number of fused-ring (bicyclic) bond motifs is 1. The normalized spacial score (nSPS) is 11.1. The van der Waals surface area contributed by atoms with Crippen molar-refractivity contribution in [3.63, 3.8) is 0 Å². The number of H-pyrrole nitrogens is 1. The van der Waals surface area contributed by atoms with E-state index in [0.29, 0.717) is 23.0 Å². The van der Waals surface area contributed by atoms with Gasteiger partial charge in [0, 0.05) is 17.9 Å². The highest BCUT2D eigenvalue weighted by atomic mass is 16.6. The summed E-state index contributed by atoms with van der Waals surface area (Å²) in [6, 6.07) is 4.75. The zero-order valence-corrected chi connectivity index (χ0v) is 8.79. The van der Waals surface area contributed by atoms with Crippen molar-refractivity contribution < 1.29 is 9.72 Å². The second-order valence-electron chi connectivity index (χ2n) is 3.37. The number of aromatic amines is 1. The summed E-state index contributed by atoms with van der Waals surface area (Å²) in [5, 5.41) is 18.1. The molecule has 0 bridgehead atoms. The summed E-state index contributed by atoms with van der Waals surface area (Å²) >= 11 is 0. The second-order valence-corrected chi connectivity index (χ2v) is 3.37. The van der Waals surface area contributed by atoms with Gasteiger partial charge in [0.1, 0.15) is 6.29 Å². The van der Waals surface area contributed by atoms with Crippen LogP contribution in [0.15, 0.2) is 24.3 Å². The summed E-state index contributed by atoms with van der Waals surface area (Å²) in [4.78, 5) is 20.5. The molecule has 0 saturated heterocycles. The molecule has 1 aromatic carbocycles. The first-order valence-electron chi connectivity index (χ1n) is 4.95. The SMILES string of the molecule is O=CCC=Cc1[nH]nc2c([N+](=O)[O-])cccc12. The Balaban J connectivity index is 2.51. The standard InChI is InChI=1S/C11H9N3O3/c15-7-2-1-5-9-8-4-3-6-10(14(16)17)11(8)13-12-9/h1,3-7H,2H2,(H,12,13). The molecule has 0 unspecified atom stereocenters. The molecule has 0 atom stereocenters. The van der Waals surface area contributed by atoms with Crippen molar-refractivity contribution in [2.75, 3.05) is 0 Å². The van der Waals surface area contributed by atoms with Gasteiger partial charge < -0.3 is 4.79 Å². The number of carbonyl (C=O) groups is 1. The molecule has 0 aliphatic heterocycles. The summed E-state index contributed by atoms with van der Waals surface area (Å²) in [5.74, 6) is 0. The van der Waals surface area contributed by atoms with Crippen molar-refractivity contribution in [1.29, 1.82) is 0 Å². The largest absolute Gasteiger partial charge is 0.303 e. The number of rotatable bonds is 4. The highest BCUT2D eigenvalue weighted by Crippen LogP contribution is 2.25. The molecule has 0 radical (unpaired) electrons. The van der Waals surface area contributed by atoms with Crippen LogP contribution in [-0.4, -0.2) is 21.4 Å². The molecule has 1 aromatic heterocycles. The van der Waals surface area contributed by atoms with Gasteiger partial charge in [0.15, 0.2) is 5.52 Å². The van der Waals surface area contributed by atoms with E-state index in [2.05, 4.69) is 10.2 Å². The first-order valence-corrected chi connectivity index (χ1v) is 4.95. The van der Waals surface area contributed by atoms with Crippen molar-refractivity contribution in [1.82, 2.24) is 10.2 Å². The van der Waals surface area contributed by atoms with Gasteiger partial charge in [0.2, 0.25) is 0 Å². The minimum Gasteiger partial charge on any atom is -0.303 e. The Bertz CT molecular complexity index is 601. The number of aldehydes is 1. The molecule has 2 rings (SSSR count). The van der Waals surface area contributed by atoms with Crippen LogP contribution in [0.2, 0.25) is 0 Å². The maximum Gasteiger partial charge on any atom is 0.297 e. The van der Waals surface area contributed by atoms with Gasteiger partial charge in [-0.15, -0.1) is 0 Å². The van der Waals surface area contributed by atoms with Crippen LogP contribution in [0.1, 0.15) is 12.1 Å². The lowest BCUT2D eigenvalue weighted by atomic mass is 10.2. The van der Waals surface area contributed by atoms with E-state index >= 15 is 0 Å². The summed E-state index contributed by atoms with van der Waals surface area (Å²) in [6.07, 6.45) is 4.43. The quantitative estimate of drug-likeness (QED) is 0.495. The predicted octanol–water partition coefficient (Wildman–Crippen LogP) is 2.07. The molecule has 17 heavy (non-hydrogen) atoms.